The molecule has 0 aliphatic heterocycles. The summed E-state index contributed by atoms with van der Waals surface area (Å²) in [5.41, 5.74) is 9.83. The van der Waals surface area contributed by atoms with E-state index in [0.717, 1.165) is 28.6 Å². The Morgan fingerprint density at radius 1 is 0.964 bits per heavy atom. The lowest BCUT2D eigenvalue weighted by Gasteiger charge is -2.13. The van der Waals surface area contributed by atoms with E-state index in [0.29, 0.717) is 5.96 Å². The van der Waals surface area contributed by atoms with Crippen molar-refractivity contribution < 1.29 is 4.74 Å². The SMILES string of the molecule is COc1ccc(NC(N)=NC2Cc3cccc4cccc2c34)c2ccccc12. The van der Waals surface area contributed by atoms with Gasteiger partial charge in [0.1, 0.15) is 5.75 Å². The molecule has 4 heteroatoms. The number of nitrogens with one attached hydrogen (secondary N) is 1. The molecule has 0 bridgehead atoms. The summed E-state index contributed by atoms with van der Waals surface area (Å²) in [4.78, 5) is 4.81. The first-order valence-electron chi connectivity index (χ1n) is 9.41. The maximum absolute atomic E-state index is 6.32. The molecule has 1 atom stereocenters. The molecule has 1 unspecified atom stereocenters. The lowest BCUT2D eigenvalue weighted by molar-refractivity contribution is 0.420. The van der Waals surface area contributed by atoms with Gasteiger partial charge in [-0.3, -0.25) is 0 Å². The van der Waals surface area contributed by atoms with E-state index >= 15 is 0 Å². The number of hydrogen-bond donors (Lipinski definition) is 2. The number of methoxy groups -OCH3 is 1. The highest BCUT2D eigenvalue weighted by atomic mass is 16.5. The molecule has 4 aromatic rings. The fraction of sp³-hybridized carbons (Fsp3) is 0.125. The van der Waals surface area contributed by atoms with Gasteiger partial charge in [0.15, 0.2) is 5.96 Å². The van der Waals surface area contributed by atoms with Gasteiger partial charge >= 0.3 is 0 Å². The minimum absolute atomic E-state index is 0.0399. The number of nitrogens with zero attached hydrogens (tertiary/aromatic N) is 1. The zero-order chi connectivity index (χ0) is 19.1. The number of nitrogens with two attached hydrogens (primary N) is 1. The van der Waals surface area contributed by atoms with Crippen molar-refractivity contribution in [1.29, 1.82) is 0 Å². The highest BCUT2D eigenvalue weighted by Gasteiger charge is 2.23. The van der Waals surface area contributed by atoms with Gasteiger partial charge in [0, 0.05) is 16.5 Å². The summed E-state index contributed by atoms with van der Waals surface area (Å²) in [7, 11) is 1.68. The lowest BCUT2D eigenvalue weighted by Crippen LogP contribution is -2.23. The quantitative estimate of drug-likeness (QED) is 0.395. The molecule has 0 aromatic heterocycles. The van der Waals surface area contributed by atoms with Gasteiger partial charge in [-0.25, -0.2) is 4.99 Å². The summed E-state index contributed by atoms with van der Waals surface area (Å²) >= 11 is 0. The molecule has 1 aliphatic rings. The maximum atomic E-state index is 6.32. The normalized spacial score (nSPS) is 15.9. The van der Waals surface area contributed by atoms with Crippen LogP contribution < -0.4 is 15.8 Å². The predicted octanol–water partition coefficient (Wildman–Crippen LogP) is 5.03. The Balaban J connectivity index is 1.49. The molecule has 0 saturated heterocycles. The first-order valence-corrected chi connectivity index (χ1v) is 9.41. The van der Waals surface area contributed by atoms with Crippen LogP contribution >= 0.6 is 0 Å². The number of aliphatic imine (C=N–C) groups is 1. The van der Waals surface area contributed by atoms with Crippen molar-refractivity contribution in [2.45, 2.75) is 12.5 Å². The largest absolute Gasteiger partial charge is 0.496 e. The number of anilines is 1. The van der Waals surface area contributed by atoms with Gasteiger partial charge in [-0.05, 0) is 40.5 Å². The van der Waals surface area contributed by atoms with Gasteiger partial charge in [-0.2, -0.15) is 0 Å². The van der Waals surface area contributed by atoms with Crippen molar-refractivity contribution in [2.75, 3.05) is 12.4 Å². The van der Waals surface area contributed by atoms with Crippen molar-refractivity contribution >= 4 is 33.2 Å². The van der Waals surface area contributed by atoms with E-state index in [1.165, 1.54) is 21.9 Å². The Morgan fingerprint density at radius 3 is 2.57 bits per heavy atom. The Kier molecular flexibility index (Phi) is 3.90. The van der Waals surface area contributed by atoms with Crippen LogP contribution in [0.15, 0.2) is 77.8 Å². The third-order valence-electron chi connectivity index (χ3n) is 5.46. The Bertz CT molecular complexity index is 1220. The van der Waals surface area contributed by atoms with Gasteiger partial charge in [-0.1, -0.05) is 60.7 Å². The van der Waals surface area contributed by atoms with E-state index in [9.17, 15) is 0 Å². The zero-order valence-electron chi connectivity index (χ0n) is 15.6. The van der Waals surface area contributed by atoms with E-state index in [1.807, 2.05) is 30.3 Å². The van der Waals surface area contributed by atoms with Crippen LogP contribution in [0.4, 0.5) is 5.69 Å². The average molecular weight is 367 g/mol. The van der Waals surface area contributed by atoms with Crippen LogP contribution in [0.5, 0.6) is 5.75 Å². The van der Waals surface area contributed by atoms with Gasteiger partial charge in [0.05, 0.1) is 13.2 Å². The molecule has 0 heterocycles. The molecule has 5 rings (SSSR count). The molecule has 28 heavy (non-hydrogen) atoms. The van der Waals surface area contributed by atoms with Crippen LogP contribution in [0.3, 0.4) is 0 Å². The second-order valence-electron chi connectivity index (χ2n) is 7.08. The van der Waals surface area contributed by atoms with E-state index < -0.39 is 0 Å². The van der Waals surface area contributed by atoms with E-state index in [-0.39, 0.29) is 6.04 Å². The fourth-order valence-corrected chi connectivity index (χ4v) is 4.23. The lowest BCUT2D eigenvalue weighted by atomic mass is 10.0. The number of ether oxygens (including phenoxy) is 1. The third kappa shape index (κ3) is 2.65. The van der Waals surface area contributed by atoms with E-state index in [1.54, 1.807) is 7.11 Å². The summed E-state index contributed by atoms with van der Waals surface area (Å²) in [6.07, 6.45) is 0.877. The van der Waals surface area contributed by atoms with Crippen LogP contribution in [0.25, 0.3) is 21.5 Å². The molecule has 138 valence electrons. The standard InChI is InChI=1S/C24H21N3O/c1-28-22-13-12-20(17-9-2-3-10-18(17)22)26-24(25)27-21-14-16-8-4-6-15-7-5-11-19(21)23(15)16/h2-13,21H,14H2,1H3,(H3,25,26,27). The molecule has 4 nitrogen and oxygen atoms in total. The minimum atomic E-state index is 0.0399. The Morgan fingerprint density at radius 2 is 1.75 bits per heavy atom. The van der Waals surface area contributed by atoms with E-state index in [2.05, 4.69) is 47.8 Å². The topological polar surface area (TPSA) is 59.6 Å². The van der Waals surface area contributed by atoms with Crippen molar-refractivity contribution in [3.63, 3.8) is 0 Å². The zero-order valence-corrected chi connectivity index (χ0v) is 15.6. The third-order valence-corrected chi connectivity index (χ3v) is 5.46. The second-order valence-corrected chi connectivity index (χ2v) is 7.08. The minimum Gasteiger partial charge on any atom is -0.496 e. The monoisotopic (exact) mass is 367 g/mol. The Hall–Kier alpha value is -3.53. The van der Waals surface area contributed by atoms with Crippen molar-refractivity contribution in [1.82, 2.24) is 0 Å². The Labute approximate surface area is 163 Å². The van der Waals surface area contributed by atoms with Crippen LogP contribution in [-0.2, 0) is 6.42 Å². The molecule has 0 saturated carbocycles. The fourth-order valence-electron chi connectivity index (χ4n) is 4.23. The predicted molar refractivity (Wildman–Crippen MR) is 116 cm³/mol. The van der Waals surface area contributed by atoms with E-state index in [4.69, 9.17) is 15.5 Å². The molecule has 4 aromatic carbocycles. The van der Waals surface area contributed by atoms with Crippen LogP contribution in [0.2, 0.25) is 0 Å². The number of guanidine groups is 1. The van der Waals surface area contributed by atoms with Crippen molar-refractivity contribution in [3.05, 3.63) is 83.9 Å². The molecular formula is C24H21N3O. The summed E-state index contributed by atoms with van der Waals surface area (Å²) in [5, 5.41) is 7.97. The van der Waals surface area contributed by atoms with Gasteiger partial charge in [0.2, 0.25) is 0 Å². The molecule has 0 amide bonds. The first-order chi connectivity index (χ1) is 13.7. The average Bonchev–Trinajstić information content (AvgIpc) is 3.08. The first kappa shape index (κ1) is 16.6. The van der Waals surface area contributed by atoms with Crippen molar-refractivity contribution in [3.8, 4) is 5.75 Å². The summed E-state index contributed by atoms with van der Waals surface area (Å²) in [6.45, 7) is 0. The molecule has 0 spiro atoms. The van der Waals surface area contributed by atoms with Crippen LogP contribution in [-0.4, -0.2) is 13.1 Å². The molecular weight excluding hydrogens is 346 g/mol. The highest BCUT2D eigenvalue weighted by Crippen LogP contribution is 2.39. The number of fused-ring (bicyclic) bond motifs is 1. The summed E-state index contributed by atoms with van der Waals surface area (Å²) < 4.78 is 5.47. The highest BCUT2D eigenvalue weighted by molar-refractivity contribution is 6.05. The summed E-state index contributed by atoms with van der Waals surface area (Å²) in [6, 6.07) is 24.9. The summed E-state index contributed by atoms with van der Waals surface area (Å²) in [5.74, 6) is 1.26. The molecule has 3 N–H and O–H groups in total. The van der Waals surface area contributed by atoms with Gasteiger partial charge < -0.3 is 15.8 Å². The van der Waals surface area contributed by atoms with Crippen LogP contribution in [0.1, 0.15) is 17.2 Å². The molecule has 0 fully saturated rings. The second kappa shape index (κ2) is 6.57. The maximum Gasteiger partial charge on any atom is 0.193 e. The van der Waals surface area contributed by atoms with Gasteiger partial charge in [0.25, 0.3) is 0 Å². The van der Waals surface area contributed by atoms with Crippen molar-refractivity contribution in [2.24, 2.45) is 10.7 Å². The molecule has 1 aliphatic carbocycles. The number of rotatable bonds is 3. The number of hydrogen-bond acceptors (Lipinski definition) is 2. The smallest absolute Gasteiger partial charge is 0.193 e. The van der Waals surface area contributed by atoms with Crippen LogP contribution in [0, 0.1) is 0 Å². The molecule has 0 radical (unpaired) electrons. The van der Waals surface area contributed by atoms with Gasteiger partial charge in [-0.15, -0.1) is 0 Å². The number of benzene rings is 4.